The van der Waals surface area contributed by atoms with Crippen molar-refractivity contribution in [3.05, 3.63) is 55.1 Å². The number of aliphatic hydroxyl groups excluding tert-OH is 2. The Morgan fingerprint density at radius 3 is 2.90 bits per heavy atom. The number of nitrogens with zero attached hydrogens (tertiary/aromatic N) is 4. The van der Waals surface area contributed by atoms with Crippen LogP contribution in [0.1, 0.15) is 6.23 Å². The Morgan fingerprint density at radius 2 is 2.00 bits per heavy atom. The number of aliphatic hydroxyl groups is 2. The van der Waals surface area contributed by atoms with Gasteiger partial charge in [-0.05, 0) is 24.3 Å². The summed E-state index contributed by atoms with van der Waals surface area (Å²) in [5, 5.41) is 22.9. The average Bonchev–Trinajstić information content (AvgIpc) is 3.29. The second-order valence-corrected chi connectivity index (χ2v) is 8.03. The molecule has 148 valence electrons. The zero-order valence-corrected chi connectivity index (χ0v) is 16.1. The van der Waals surface area contributed by atoms with E-state index in [4.69, 9.17) is 10.5 Å². The summed E-state index contributed by atoms with van der Waals surface area (Å²) in [6, 6.07) is 11.7. The Bertz CT molecular complexity index is 1180. The van der Waals surface area contributed by atoms with Crippen LogP contribution < -0.4 is 5.73 Å². The monoisotopic (exact) mass is 409 g/mol. The molecule has 0 aliphatic carbocycles. The van der Waals surface area contributed by atoms with Gasteiger partial charge in [0.1, 0.15) is 30.0 Å². The molecule has 4 heterocycles. The summed E-state index contributed by atoms with van der Waals surface area (Å²) in [5.41, 5.74) is 7.36. The predicted octanol–water partition coefficient (Wildman–Crippen LogP) is 1.97. The molecule has 29 heavy (non-hydrogen) atoms. The number of aromatic nitrogens is 4. The SMILES string of the molecule is Nc1ncnc2c1ccn2[C@@H]1O[C@H](CSc2ccc3cccnc3c2)[C@@H](O)[C@H]1O. The molecule has 1 aliphatic heterocycles. The Kier molecular flexibility index (Phi) is 4.59. The van der Waals surface area contributed by atoms with E-state index < -0.39 is 24.5 Å². The molecule has 5 rings (SSSR count). The van der Waals surface area contributed by atoms with Crippen molar-refractivity contribution in [2.45, 2.75) is 29.4 Å². The fourth-order valence-electron chi connectivity index (χ4n) is 3.61. The quantitative estimate of drug-likeness (QED) is 0.438. The number of thioether (sulfide) groups is 1. The molecule has 1 aromatic carbocycles. The van der Waals surface area contributed by atoms with Crippen LogP contribution in [0.5, 0.6) is 0 Å². The molecule has 0 radical (unpaired) electrons. The molecule has 0 amide bonds. The van der Waals surface area contributed by atoms with Gasteiger partial charge in [-0.1, -0.05) is 12.1 Å². The zero-order valence-electron chi connectivity index (χ0n) is 15.3. The van der Waals surface area contributed by atoms with Gasteiger partial charge in [-0.3, -0.25) is 4.98 Å². The second-order valence-electron chi connectivity index (χ2n) is 6.93. The van der Waals surface area contributed by atoms with Crippen LogP contribution in [0.25, 0.3) is 21.9 Å². The Hall–Kier alpha value is -2.72. The van der Waals surface area contributed by atoms with Gasteiger partial charge in [-0.2, -0.15) is 0 Å². The van der Waals surface area contributed by atoms with Gasteiger partial charge >= 0.3 is 0 Å². The van der Waals surface area contributed by atoms with E-state index in [0.717, 1.165) is 15.8 Å². The summed E-state index contributed by atoms with van der Waals surface area (Å²) >= 11 is 1.55. The molecular weight excluding hydrogens is 390 g/mol. The second kappa shape index (κ2) is 7.27. The van der Waals surface area contributed by atoms with Gasteiger partial charge in [0.25, 0.3) is 0 Å². The zero-order chi connectivity index (χ0) is 20.0. The molecule has 1 saturated heterocycles. The van der Waals surface area contributed by atoms with Crippen molar-refractivity contribution >= 4 is 39.5 Å². The lowest BCUT2D eigenvalue weighted by Gasteiger charge is -2.17. The van der Waals surface area contributed by atoms with E-state index >= 15 is 0 Å². The molecule has 4 N–H and O–H groups in total. The van der Waals surface area contributed by atoms with Gasteiger partial charge in [-0.25, -0.2) is 9.97 Å². The highest BCUT2D eigenvalue weighted by Crippen LogP contribution is 2.35. The molecule has 0 saturated carbocycles. The summed E-state index contributed by atoms with van der Waals surface area (Å²) in [6.07, 6.45) is 1.50. The summed E-state index contributed by atoms with van der Waals surface area (Å²) < 4.78 is 7.70. The van der Waals surface area contributed by atoms with Gasteiger partial charge in [-0.15, -0.1) is 11.8 Å². The van der Waals surface area contributed by atoms with Crippen LogP contribution in [0.2, 0.25) is 0 Å². The number of ether oxygens (including phenoxy) is 1. The number of fused-ring (bicyclic) bond motifs is 2. The lowest BCUT2D eigenvalue weighted by atomic mass is 10.1. The molecule has 0 unspecified atom stereocenters. The lowest BCUT2D eigenvalue weighted by Crippen LogP contribution is -2.32. The van der Waals surface area contributed by atoms with Crippen molar-refractivity contribution in [1.29, 1.82) is 0 Å². The summed E-state index contributed by atoms with van der Waals surface area (Å²) in [4.78, 5) is 13.6. The van der Waals surface area contributed by atoms with Gasteiger partial charge in [0.05, 0.1) is 17.0 Å². The third-order valence-electron chi connectivity index (χ3n) is 5.14. The number of hydrogen-bond donors (Lipinski definition) is 3. The number of pyridine rings is 1. The van der Waals surface area contributed by atoms with E-state index in [1.54, 1.807) is 34.8 Å². The summed E-state index contributed by atoms with van der Waals surface area (Å²) in [5.74, 6) is 0.849. The summed E-state index contributed by atoms with van der Waals surface area (Å²) in [7, 11) is 0. The first-order valence-electron chi connectivity index (χ1n) is 9.18. The molecule has 0 spiro atoms. The molecule has 3 aromatic heterocycles. The third-order valence-corrected chi connectivity index (χ3v) is 6.23. The first-order chi connectivity index (χ1) is 14.1. The van der Waals surface area contributed by atoms with Crippen LogP contribution in [0.3, 0.4) is 0 Å². The molecule has 1 fully saturated rings. The molecule has 0 bridgehead atoms. The highest BCUT2D eigenvalue weighted by molar-refractivity contribution is 7.99. The highest BCUT2D eigenvalue weighted by Gasteiger charge is 2.44. The molecule has 1 aliphatic rings. The van der Waals surface area contributed by atoms with Crippen LogP contribution in [0.15, 0.2) is 60.0 Å². The number of nitrogen functional groups attached to an aromatic ring is 1. The minimum Gasteiger partial charge on any atom is -0.387 e. The van der Waals surface area contributed by atoms with Gasteiger partial charge in [0.15, 0.2) is 6.23 Å². The first-order valence-corrected chi connectivity index (χ1v) is 10.2. The Labute approximate surface area is 170 Å². The van der Waals surface area contributed by atoms with E-state index in [9.17, 15) is 10.2 Å². The Balaban J connectivity index is 1.34. The van der Waals surface area contributed by atoms with Gasteiger partial charge in [0.2, 0.25) is 0 Å². The van der Waals surface area contributed by atoms with Gasteiger partial charge < -0.3 is 25.3 Å². The minimum atomic E-state index is -1.08. The molecule has 9 heteroatoms. The van der Waals surface area contributed by atoms with Crippen molar-refractivity contribution in [2.75, 3.05) is 11.5 Å². The van der Waals surface area contributed by atoms with Crippen LogP contribution >= 0.6 is 11.8 Å². The number of nitrogens with two attached hydrogens (primary N) is 1. The van der Waals surface area contributed by atoms with Crippen LogP contribution in [0, 0.1) is 0 Å². The van der Waals surface area contributed by atoms with Crippen LogP contribution in [-0.4, -0.2) is 53.8 Å². The van der Waals surface area contributed by atoms with Crippen molar-refractivity contribution in [3.63, 3.8) is 0 Å². The maximum Gasteiger partial charge on any atom is 0.164 e. The van der Waals surface area contributed by atoms with E-state index in [-0.39, 0.29) is 0 Å². The fourth-order valence-corrected chi connectivity index (χ4v) is 4.60. The van der Waals surface area contributed by atoms with Crippen molar-refractivity contribution in [3.8, 4) is 0 Å². The molecule has 8 nitrogen and oxygen atoms in total. The number of rotatable bonds is 4. The number of hydrogen-bond acceptors (Lipinski definition) is 8. The molecule has 4 atom stereocenters. The summed E-state index contributed by atoms with van der Waals surface area (Å²) in [6.45, 7) is 0. The number of benzene rings is 1. The maximum atomic E-state index is 10.6. The third kappa shape index (κ3) is 3.22. The van der Waals surface area contributed by atoms with Crippen molar-refractivity contribution in [2.24, 2.45) is 0 Å². The van der Waals surface area contributed by atoms with Crippen molar-refractivity contribution in [1.82, 2.24) is 19.5 Å². The standard InChI is InChI=1S/C20H19N5O3S/c21-18-13-5-7-25(19(13)24-10-23-18)20-17(27)16(26)15(28-20)9-29-12-4-3-11-2-1-6-22-14(11)8-12/h1-8,10,15-17,20,26-27H,9H2,(H2,21,23,24)/t15-,16-,17-,20-/m1/s1. The van der Waals surface area contributed by atoms with E-state index in [1.165, 1.54) is 6.33 Å². The van der Waals surface area contributed by atoms with Crippen LogP contribution in [-0.2, 0) is 4.74 Å². The normalized spacial score (nSPS) is 24.5. The lowest BCUT2D eigenvalue weighted by molar-refractivity contribution is -0.0285. The smallest absolute Gasteiger partial charge is 0.164 e. The van der Waals surface area contributed by atoms with Crippen molar-refractivity contribution < 1.29 is 14.9 Å². The first kappa shape index (κ1) is 18.3. The van der Waals surface area contributed by atoms with E-state index in [2.05, 4.69) is 15.0 Å². The minimum absolute atomic E-state index is 0.360. The topological polar surface area (TPSA) is 119 Å². The van der Waals surface area contributed by atoms with E-state index in [1.807, 2.05) is 30.3 Å². The molecule has 4 aromatic rings. The van der Waals surface area contributed by atoms with E-state index in [0.29, 0.717) is 22.6 Å². The van der Waals surface area contributed by atoms with Crippen LogP contribution in [0.4, 0.5) is 5.82 Å². The average molecular weight is 409 g/mol. The highest BCUT2D eigenvalue weighted by atomic mass is 32.2. The fraction of sp³-hybridized carbons (Fsp3) is 0.250. The van der Waals surface area contributed by atoms with Gasteiger partial charge in [0, 0.05) is 28.4 Å². The Morgan fingerprint density at radius 1 is 1.10 bits per heavy atom. The maximum absolute atomic E-state index is 10.6. The predicted molar refractivity (Wildman–Crippen MR) is 110 cm³/mol. The largest absolute Gasteiger partial charge is 0.387 e. The number of anilines is 1. The molecular formula is C20H19N5O3S.